The lowest BCUT2D eigenvalue weighted by Crippen LogP contribution is -2.27. The van der Waals surface area contributed by atoms with E-state index in [9.17, 15) is 19.6 Å². The van der Waals surface area contributed by atoms with Crippen molar-refractivity contribution in [2.45, 2.75) is 32.5 Å². The standard InChI is InChI=1S/C28H32N4O6/c1-37-27(34)13-12-26(33)32(36)16-3-2-14-29-18-21-6-8-22(9-7-21)20-38-28(35)31-19-23-10-11-25-24(17-23)5-4-15-30-25/h4-13,15,17,29,36H,2-3,14,16,18-20H2,1H3,(H,31,35)/b13-12+. The Morgan fingerprint density at radius 3 is 2.53 bits per heavy atom. The normalized spacial score (nSPS) is 10.9. The van der Waals surface area contributed by atoms with Crippen molar-refractivity contribution in [1.29, 1.82) is 0 Å². The van der Waals surface area contributed by atoms with Crippen LogP contribution in [0.3, 0.4) is 0 Å². The molecule has 0 aliphatic heterocycles. The fraction of sp³-hybridized carbons (Fsp3) is 0.286. The number of hydrogen-bond donors (Lipinski definition) is 3. The van der Waals surface area contributed by atoms with E-state index < -0.39 is 18.0 Å². The number of hydroxylamine groups is 2. The number of methoxy groups -OCH3 is 1. The van der Waals surface area contributed by atoms with Gasteiger partial charge in [0.05, 0.1) is 12.6 Å². The van der Waals surface area contributed by atoms with E-state index in [4.69, 9.17) is 4.74 Å². The van der Waals surface area contributed by atoms with Gasteiger partial charge in [0.25, 0.3) is 5.91 Å². The van der Waals surface area contributed by atoms with Gasteiger partial charge in [0.1, 0.15) is 6.61 Å². The first kappa shape index (κ1) is 28.3. The molecule has 1 aromatic heterocycles. The van der Waals surface area contributed by atoms with Gasteiger partial charge < -0.3 is 20.1 Å². The van der Waals surface area contributed by atoms with Crippen molar-refractivity contribution in [1.82, 2.24) is 20.7 Å². The van der Waals surface area contributed by atoms with Crippen LogP contribution in [-0.4, -0.2) is 53.4 Å². The Kier molecular flexibility index (Phi) is 11.2. The van der Waals surface area contributed by atoms with Crippen LogP contribution in [0.15, 0.2) is 72.9 Å². The number of amides is 2. The van der Waals surface area contributed by atoms with Gasteiger partial charge in [0.15, 0.2) is 0 Å². The molecule has 1 heterocycles. The summed E-state index contributed by atoms with van der Waals surface area (Å²) in [6.07, 6.45) is 4.54. The van der Waals surface area contributed by atoms with Crippen molar-refractivity contribution in [3.63, 3.8) is 0 Å². The van der Waals surface area contributed by atoms with E-state index in [1.807, 2.05) is 54.6 Å². The number of unbranched alkanes of at least 4 members (excludes halogenated alkanes) is 1. The van der Waals surface area contributed by atoms with Gasteiger partial charge >= 0.3 is 12.1 Å². The molecule has 2 aromatic carbocycles. The summed E-state index contributed by atoms with van der Waals surface area (Å²) in [4.78, 5) is 39.0. The molecule has 200 valence electrons. The summed E-state index contributed by atoms with van der Waals surface area (Å²) in [6.45, 7) is 2.07. The van der Waals surface area contributed by atoms with Crippen LogP contribution >= 0.6 is 0 Å². The summed E-state index contributed by atoms with van der Waals surface area (Å²) in [5.41, 5.74) is 3.84. The van der Waals surface area contributed by atoms with Crippen LogP contribution in [-0.2, 0) is 38.8 Å². The minimum Gasteiger partial charge on any atom is -0.466 e. The van der Waals surface area contributed by atoms with Crippen molar-refractivity contribution in [3.05, 3.63) is 89.6 Å². The number of esters is 1. The van der Waals surface area contributed by atoms with Crippen LogP contribution < -0.4 is 10.6 Å². The molecule has 10 heteroatoms. The monoisotopic (exact) mass is 520 g/mol. The molecule has 0 fully saturated rings. The molecule has 0 saturated carbocycles. The molecule has 0 bridgehead atoms. The second kappa shape index (κ2) is 15.1. The zero-order valence-corrected chi connectivity index (χ0v) is 21.3. The number of aromatic nitrogens is 1. The predicted molar refractivity (Wildman–Crippen MR) is 141 cm³/mol. The summed E-state index contributed by atoms with van der Waals surface area (Å²) in [5, 5.41) is 17.3. The number of nitrogens with zero attached hydrogens (tertiary/aromatic N) is 2. The van der Waals surface area contributed by atoms with E-state index in [-0.39, 0.29) is 13.2 Å². The molecule has 3 aromatic rings. The third kappa shape index (κ3) is 9.64. The highest BCUT2D eigenvalue weighted by molar-refractivity contribution is 5.93. The predicted octanol–water partition coefficient (Wildman–Crippen LogP) is 3.48. The van der Waals surface area contributed by atoms with Crippen molar-refractivity contribution < 1.29 is 29.1 Å². The maximum Gasteiger partial charge on any atom is 0.407 e. The van der Waals surface area contributed by atoms with Gasteiger partial charge in [0.2, 0.25) is 0 Å². The molecule has 10 nitrogen and oxygen atoms in total. The van der Waals surface area contributed by atoms with Crippen molar-refractivity contribution in [2.75, 3.05) is 20.2 Å². The minimum absolute atomic E-state index is 0.161. The van der Waals surface area contributed by atoms with Crippen molar-refractivity contribution >= 4 is 28.9 Å². The summed E-state index contributed by atoms with van der Waals surface area (Å²) in [6, 6.07) is 17.5. The van der Waals surface area contributed by atoms with Crippen molar-refractivity contribution in [3.8, 4) is 0 Å². The highest BCUT2D eigenvalue weighted by Crippen LogP contribution is 2.13. The Morgan fingerprint density at radius 1 is 0.974 bits per heavy atom. The Balaban J connectivity index is 1.27. The average molecular weight is 521 g/mol. The summed E-state index contributed by atoms with van der Waals surface area (Å²) >= 11 is 0. The van der Waals surface area contributed by atoms with Crippen LogP contribution in [0.4, 0.5) is 4.79 Å². The first-order chi connectivity index (χ1) is 18.4. The fourth-order valence-corrected chi connectivity index (χ4v) is 3.51. The number of nitrogens with one attached hydrogen (secondary N) is 2. The number of pyridine rings is 1. The van der Waals surface area contributed by atoms with E-state index in [1.54, 1.807) is 6.20 Å². The zero-order chi connectivity index (χ0) is 27.2. The second-order valence-corrected chi connectivity index (χ2v) is 8.48. The molecule has 38 heavy (non-hydrogen) atoms. The second-order valence-electron chi connectivity index (χ2n) is 8.48. The van der Waals surface area contributed by atoms with E-state index in [0.29, 0.717) is 31.1 Å². The topological polar surface area (TPSA) is 130 Å². The molecular formula is C28H32N4O6. The minimum atomic E-state index is -0.674. The fourth-order valence-electron chi connectivity index (χ4n) is 3.51. The molecule has 0 radical (unpaired) electrons. The third-order valence-electron chi connectivity index (χ3n) is 5.62. The Labute approximate surface area is 221 Å². The number of hydrogen-bond acceptors (Lipinski definition) is 8. The van der Waals surface area contributed by atoms with Gasteiger partial charge in [0, 0.05) is 43.4 Å². The first-order valence-corrected chi connectivity index (χ1v) is 12.2. The molecule has 0 aliphatic carbocycles. The molecule has 0 spiro atoms. The quantitative estimate of drug-likeness (QED) is 0.103. The van der Waals surface area contributed by atoms with Gasteiger partial charge in [-0.3, -0.25) is 15.0 Å². The molecule has 0 saturated heterocycles. The van der Waals surface area contributed by atoms with Gasteiger partial charge in [-0.05, 0) is 54.3 Å². The smallest absolute Gasteiger partial charge is 0.407 e. The summed E-state index contributed by atoms with van der Waals surface area (Å²) < 4.78 is 9.71. The van der Waals surface area contributed by atoms with Crippen LogP contribution in [0, 0.1) is 0 Å². The lowest BCUT2D eigenvalue weighted by molar-refractivity contribution is -0.159. The van der Waals surface area contributed by atoms with E-state index >= 15 is 0 Å². The molecule has 2 amide bonds. The lowest BCUT2D eigenvalue weighted by atomic mass is 10.1. The Hall–Kier alpha value is -4.28. The first-order valence-electron chi connectivity index (χ1n) is 12.2. The zero-order valence-electron chi connectivity index (χ0n) is 21.3. The van der Waals surface area contributed by atoms with Gasteiger partial charge in [-0.2, -0.15) is 0 Å². The molecule has 3 N–H and O–H groups in total. The Morgan fingerprint density at radius 2 is 1.74 bits per heavy atom. The molecule has 0 unspecified atom stereocenters. The van der Waals surface area contributed by atoms with Gasteiger partial charge in [-0.25, -0.2) is 14.7 Å². The number of carbonyl (C=O) groups excluding carboxylic acids is 3. The van der Waals surface area contributed by atoms with E-state index in [2.05, 4.69) is 20.4 Å². The maximum absolute atomic E-state index is 12.1. The van der Waals surface area contributed by atoms with Crippen molar-refractivity contribution in [2.24, 2.45) is 0 Å². The number of fused-ring (bicyclic) bond motifs is 1. The SMILES string of the molecule is COC(=O)/C=C/C(=O)N(O)CCCCNCc1ccc(COC(=O)NCc2ccc3ncccc3c2)cc1. The molecule has 3 rings (SSSR count). The highest BCUT2D eigenvalue weighted by atomic mass is 16.5. The lowest BCUT2D eigenvalue weighted by Gasteiger charge is -2.12. The summed E-state index contributed by atoms with van der Waals surface area (Å²) in [5.74, 6) is -1.33. The van der Waals surface area contributed by atoms with Gasteiger partial charge in [-0.15, -0.1) is 0 Å². The maximum atomic E-state index is 12.1. The van der Waals surface area contributed by atoms with E-state index in [1.165, 1.54) is 7.11 Å². The molecule has 0 aliphatic rings. The Bertz CT molecular complexity index is 1250. The largest absolute Gasteiger partial charge is 0.466 e. The van der Waals surface area contributed by atoms with E-state index in [0.717, 1.165) is 46.2 Å². The van der Waals surface area contributed by atoms with Crippen LogP contribution in [0.1, 0.15) is 29.5 Å². The van der Waals surface area contributed by atoms with Crippen LogP contribution in [0.5, 0.6) is 0 Å². The summed E-state index contributed by atoms with van der Waals surface area (Å²) in [7, 11) is 1.21. The number of alkyl carbamates (subject to hydrolysis) is 1. The number of benzene rings is 2. The highest BCUT2D eigenvalue weighted by Gasteiger charge is 2.08. The number of rotatable bonds is 13. The van der Waals surface area contributed by atoms with Crippen LogP contribution in [0.25, 0.3) is 10.9 Å². The van der Waals surface area contributed by atoms with Gasteiger partial charge in [-0.1, -0.05) is 36.4 Å². The van der Waals surface area contributed by atoms with Crippen LogP contribution in [0.2, 0.25) is 0 Å². The number of carbonyl (C=O) groups is 3. The average Bonchev–Trinajstić information content (AvgIpc) is 2.95. The molecule has 0 atom stereocenters. The number of ether oxygens (including phenoxy) is 2. The third-order valence-corrected chi connectivity index (χ3v) is 5.62. The molecular weight excluding hydrogens is 488 g/mol.